The molecule has 3 unspecified atom stereocenters. The minimum absolute atomic E-state index is 0.145. The van der Waals surface area contributed by atoms with Crippen molar-refractivity contribution in [3.8, 4) is 0 Å². The summed E-state index contributed by atoms with van der Waals surface area (Å²) >= 11 is 0. The Bertz CT molecular complexity index is 713. The molecule has 0 rings (SSSR count). The Morgan fingerprint density at radius 2 is 0.784 bits per heavy atom. The van der Waals surface area contributed by atoms with E-state index in [-0.39, 0.29) is 12.5 Å². The van der Waals surface area contributed by atoms with Crippen molar-refractivity contribution in [2.24, 2.45) is 0 Å². The number of unbranched alkanes of at least 4 members (excludes halogenated alkanes) is 32. The zero-order valence-corrected chi connectivity index (χ0v) is 34.5. The number of allylic oxidation sites excluding steroid dienone is 2. The lowest BCUT2D eigenvalue weighted by molar-refractivity contribution is -0.124. The minimum Gasteiger partial charge on any atom is -0.394 e. The summed E-state index contributed by atoms with van der Waals surface area (Å²) in [4.78, 5) is 12.4. The summed E-state index contributed by atoms with van der Waals surface area (Å²) in [5.74, 6) is -0.145. The van der Waals surface area contributed by atoms with E-state index in [9.17, 15) is 20.1 Å². The van der Waals surface area contributed by atoms with Gasteiger partial charge in [0.1, 0.15) is 6.10 Å². The Hall–Kier alpha value is -0.910. The maximum absolute atomic E-state index is 12.4. The molecule has 0 fully saturated rings. The zero-order chi connectivity index (χ0) is 37.3. The minimum atomic E-state index is -1.13. The highest BCUT2D eigenvalue weighted by atomic mass is 16.3. The van der Waals surface area contributed by atoms with Crippen molar-refractivity contribution in [3.63, 3.8) is 0 Å². The Morgan fingerprint density at radius 1 is 0.471 bits per heavy atom. The van der Waals surface area contributed by atoms with E-state index < -0.39 is 18.2 Å². The van der Waals surface area contributed by atoms with Crippen LogP contribution < -0.4 is 5.32 Å². The monoisotopic (exact) mass is 722 g/mol. The number of carbonyl (C=O) groups is 1. The number of carbonyl (C=O) groups excluding carboxylic acids is 1. The second kappa shape index (κ2) is 41.8. The molecule has 0 bridgehead atoms. The summed E-state index contributed by atoms with van der Waals surface area (Å²) < 4.78 is 0. The Morgan fingerprint density at radius 3 is 1.14 bits per heavy atom. The van der Waals surface area contributed by atoms with Crippen molar-refractivity contribution in [1.29, 1.82) is 0 Å². The van der Waals surface area contributed by atoms with Crippen molar-refractivity contribution >= 4 is 5.91 Å². The summed E-state index contributed by atoms with van der Waals surface area (Å²) in [5.41, 5.74) is 0. The van der Waals surface area contributed by atoms with Gasteiger partial charge in [-0.3, -0.25) is 4.79 Å². The van der Waals surface area contributed by atoms with Gasteiger partial charge in [-0.1, -0.05) is 219 Å². The molecule has 51 heavy (non-hydrogen) atoms. The summed E-state index contributed by atoms with van der Waals surface area (Å²) in [7, 11) is 0. The van der Waals surface area contributed by atoms with Crippen LogP contribution >= 0.6 is 0 Å². The van der Waals surface area contributed by atoms with Gasteiger partial charge in [0.15, 0.2) is 0 Å². The number of hydrogen-bond acceptors (Lipinski definition) is 4. The Kier molecular flexibility index (Phi) is 41.1. The number of aliphatic hydroxyl groups excluding tert-OH is 3. The van der Waals surface area contributed by atoms with Crippen molar-refractivity contribution in [2.45, 2.75) is 270 Å². The largest absolute Gasteiger partial charge is 0.394 e. The Balaban J connectivity index is 3.55. The van der Waals surface area contributed by atoms with E-state index >= 15 is 0 Å². The topological polar surface area (TPSA) is 89.8 Å². The average molecular weight is 722 g/mol. The molecule has 0 saturated carbocycles. The fourth-order valence-corrected chi connectivity index (χ4v) is 7.28. The molecule has 5 heteroatoms. The van der Waals surface area contributed by atoms with E-state index in [1.54, 1.807) is 0 Å². The SMILES string of the molecule is CCCCCCCCCCCCCC/C=C\CCCCCCCCCCCC(=O)NC(CO)C(O)C(O)CCCCCCCCCCCCCC. The third-order valence-corrected chi connectivity index (χ3v) is 10.9. The molecule has 304 valence electrons. The van der Waals surface area contributed by atoms with Gasteiger partial charge in [-0.05, 0) is 38.5 Å². The van der Waals surface area contributed by atoms with Gasteiger partial charge >= 0.3 is 0 Å². The smallest absolute Gasteiger partial charge is 0.220 e. The molecule has 0 spiro atoms. The molecule has 0 aromatic carbocycles. The third-order valence-electron chi connectivity index (χ3n) is 10.9. The van der Waals surface area contributed by atoms with Crippen LogP contribution in [-0.2, 0) is 4.79 Å². The predicted octanol–water partition coefficient (Wildman–Crippen LogP) is 13.2. The highest BCUT2D eigenvalue weighted by Crippen LogP contribution is 2.16. The van der Waals surface area contributed by atoms with E-state index in [4.69, 9.17) is 0 Å². The molecule has 0 aromatic rings. The van der Waals surface area contributed by atoms with Crippen molar-refractivity contribution in [2.75, 3.05) is 6.61 Å². The lowest BCUT2D eigenvalue weighted by Gasteiger charge is -2.26. The number of nitrogens with one attached hydrogen (secondary N) is 1. The van der Waals surface area contributed by atoms with E-state index in [1.807, 2.05) is 0 Å². The molecule has 0 aliphatic heterocycles. The van der Waals surface area contributed by atoms with Crippen molar-refractivity contribution < 1.29 is 20.1 Å². The molecule has 0 radical (unpaired) electrons. The van der Waals surface area contributed by atoms with Crippen LogP contribution in [0, 0.1) is 0 Å². The number of aliphatic hydroxyl groups is 3. The first kappa shape index (κ1) is 50.1. The van der Waals surface area contributed by atoms with Gasteiger partial charge in [0.05, 0.1) is 18.8 Å². The van der Waals surface area contributed by atoms with E-state index in [2.05, 4.69) is 31.3 Å². The predicted molar refractivity (Wildman–Crippen MR) is 222 cm³/mol. The fraction of sp³-hybridized carbons (Fsp3) is 0.935. The molecule has 1 amide bonds. The van der Waals surface area contributed by atoms with Gasteiger partial charge in [0.25, 0.3) is 0 Å². The van der Waals surface area contributed by atoms with Crippen LogP contribution in [0.5, 0.6) is 0 Å². The van der Waals surface area contributed by atoms with Gasteiger partial charge < -0.3 is 20.6 Å². The van der Waals surface area contributed by atoms with Gasteiger partial charge in [0, 0.05) is 6.42 Å². The molecule has 5 nitrogen and oxygen atoms in total. The Labute approximate surface area is 319 Å². The summed E-state index contributed by atoms with van der Waals surface area (Å²) in [6.45, 7) is 4.18. The molecule has 0 aromatic heterocycles. The van der Waals surface area contributed by atoms with Crippen LogP contribution in [0.4, 0.5) is 0 Å². The number of amides is 1. The van der Waals surface area contributed by atoms with Gasteiger partial charge in [-0.2, -0.15) is 0 Å². The quantitative estimate of drug-likeness (QED) is 0.0373. The van der Waals surface area contributed by atoms with Crippen LogP contribution in [-0.4, -0.2) is 46.1 Å². The highest BCUT2D eigenvalue weighted by Gasteiger charge is 2.26. The molecule has 0 saturated heterocycles. The first-order valence-corrected chi connectivity index (χ1v) is 23.0. The molecule has 0 aliphatic rings. The van der Waals surface area contributed by atoms with Gasteiger partial charge in [-0.25, -0.2) is 0 Å². The maximum atomic E-state index is 12.4. The fourth-order valence-electron chi connectivity index (χ4n) is 7.28. The number of hydrogen-bond donors (Lipinski definition) is 4. The van der Waals surface area contributed by atoms with Crippen LogP contribution in [0.1, 0.15) is 251 Å². The molecular formula is C46H91NO4. The van der Waals surface area contributed by atoms with Crippen LogP contribution in [0.15, 0.2) is 12.2 Å². The second-order valence-electron chi connectivity index (χ2n) is 16.0. The first-order valence-electron chi connectivity index (χ1n) is 23.0. The standard InChI is InChI=1S/C46H91NO4/c1-3-5-7-9-11-13-15-17-18-19-20-21-22-23-24-25-26-27-28-29-31-33-35-37-39-41-45(50)47-43(42-48)46(51)44(49)40-38-36-34-32-30-16-14-12-10-8-6-4-2/h23-24,43-44,46,48-49,51H,3-22,25-42H2,1-2H3,(H,47,50)/b24-23-. The summed E-state index contributed by atoms with van der Waals surface area (Å²) in [6.07, 6.45) is 49.0. The summed E-state index contributed by atoms with van der Waals surface area (Å²) in [6, 6.07) is -0.806. The molecular weight excluding hydrogens is 631 g/mol. The zero-order valence-electron chi connectivity index (χ0n) is 34.5. The molecule has 0 heterocycles. The van der Waals surface area contributed by atoms with Crippen LogP contribution in [0.25, 0.3) is 0 Å². The van der Waals surface area contributed by atoms with E-state index in [1.165, 1.54) is 186 Å². The summed E-state index contributed by atoms with van der Waals surface area (Å²) in [5, 5.41) is 33.5. The van der Waals surface area contributed by atoms with Crippen molar-refractivity contribution in [1.82, 2.24) is 5.32 Å². The maximum Gasteiger partial charge on any atom is 0.220 e. The molecule has 3 atom stereocenters. The van der Waals surface area contributed by atoms with Crippen LogP contribution in [0.2, 0.25) is 0 Å². The number of rotatable bonds is 42. The van der Waals surface area contributed by atoms with Gasteiger partial charge in [-0.15, -0.1) is 0 Å². The highest BCUT2D eigenvalue weighted by molar-refractivity contribution is 5.76. The van der Waals surface area contributed by atoms with Crippen molar-refractivity contribution in [3.05, 3.63) is 12.2 Å². The van der Waals surface area contributed by atoms with Crippen LogP contribution in [0.3, 0.4) is 0 Å². The lowest BCUT2D eigenvalue weighted by atomic mass is 9.99. The first-order chi connectivity index (χ1) is 25.1. The normalized spacial score (nSPS) is 13.6. The second-order valence-corrected chi connectivity index (χ2v) is 16.0. The van der Waals surface area contributed by atoms with Gasteiger partial charge in [0.2, 0.25) is 5.91 Å². The van der Waals surface area contributed by atoms with E-state index in [0.29, 0.717) is 12.8 Å². The molecule has 0 aliphatic carbocycles. The molecule has 4 N–H and O–H groups in total. The third kappa shape index (κ3) is 37.2. The average Bonchev–Trinajstić information content (AvgIpc) is 3.13. The lowest BCUT2D eigenvalue weighted by Crippen LogP contribution is -2.50. The van der Waals surface area contributed by atoms with E-state index in [0.717, 1.165) is 38.5 Å².